The van der Waals surface area contributed by atoms with Crippen molar-refractivity contribution in [2.75, 3.05) is 26.7 Å². The SMILES string of the molecule is CNCCNC(=O)COc1cc(C)ccc1C(C)C. The molecule has 0 heterocycles. The topological polar surface area (TPSA) is 50.4 Å². The highest BCUT2D eigenvalue weighted by atomic mass is 16.5. The molecule has 0 aliphatic carbocycles. The molecule has 0 saturated heterocycles. The standard InChI is InChI=1S/C15H24N2O2/c1-11(2)13-6-5-12(3)9-14(13)19-10-15(18)17-8-7-16-4/h5-6,9,11,16H,7-8,10H2,1-4H3,(H,17,18). The fraction of sp³-hybridized carbons (Fsp3) is 0.533. The van der Waals surface area contributed by atoms with Gasteiger partial charge in [0.15, 0.2) is 6.61 Å². The van der Waals surface area contributed by atoms with E-state index >= 15 is 0 Å². The van der Waals surface area contributed by atoms with Crippen molar-refractivity contribution in [2.45, 2.75) is 26.7 Å². The van der Waals surface area contributed by atoms with Crippen LogP contribution in [-0.4, -0.2) is 32.7 Å². The van der Waals surface area contributed by atoms with Crippen LogP contribution in [0.4, 0.5) is 0 Å². The number of rotatable bonds is 7. The Bertz CT molecular complexity index is 417. The van der Waals surface area contributed by atoms with Gasteiger partial charge in [0.25, 0.3) is 5.91 Å². The average Bonchev–Trinajstić information content (AvgIpc) is 2.36. The van der Waals surface area contributed by atoms with Gasteiger partial charge in [-0.15, -0.1) is 0 Å². The third kappa shape index (κ3) is 5.30. The molecular weight excluding hydrogens is 240 g/mol. The van der Waals surface area contributed by atoms with Crippen molar-refractivity contribution in [2.24, 2.45) is 0 Å². The Morgan fingerprint density at radius 2 is 2.05 bits per heavy atom. The molecule has 1 amide bonds. The molecule has 4 nitrogen and oxygen atoms in total. The number of ether oxygens (including phenoxy) is 1. The predicted octanol–water partition coefficient (Wildman–Crippen LogP) is 1.83. The van der Waals surface area contributed by atoms with Crippen molar-refractivity contribution >= 4 is 5.91 Å². The molecular formula is C15H24N2O2. The summed E-state index contributed by atoms with van der Waals surface area (Å²) < 4.78 is 5.64. The minimum absolute atomic E-state index is 0.0624. The first-order valence-corrected chi connectivity index (χ1v) is 6.69. The lowest BCUT2D eigenvalue weighted by Crippen LogP contribution is -2.33. The molecule has 0 unspecified atom stereocenters. The van der Waals surface area contributed by atoms with Crippen LogP contribution in [0.1, 0.15) is 30.9 Å². The zero-order valence-corrected chi connectivity index (χ0v) is 12.2. The van der Waals surface area contributed by atoms with Crippen LogP contribution in [-0.2, 0) is 4.79 Å². The second kappa shape index (κ2) is 7.79. The van der Waals surface area contributed by atoms with E-state index in [0.717, 1.165) is 23.4 Å². The molecule has 0 aromatic heterocycles. The Hall–Kier alpha value is -1.55. The number of amides is 1. The Morgan fingerprint density at radius 1 is 1.32 bits per heavy atom. The Labute approximate surface area is 115 Å². The molecule has 2 N–H and O–H groups in total. The van der Waals surface area contributed by atoms with Crippen LogP contribution in [0.25, 0.3) is 0 Å². The van der Waals surface area contributed by atoms with E-state index in [1.165, 1.54) is 0 Å². The third-order valence-electron chi connectivity index (χ3n) is 2.85. The molecule has 0 atom stereocenters. The Morgan fingerprint density at radius 3 is 2.68 bits per heavy atom. The lowest BCUT2D eigenvalue weighted by Gasteiger charge is -2.14. The van der Waals surface area contributed by atoms with Crippen molar-refractivity contribution in [1.82, 2.24) is 10.6 Å². The zero-order chi connectivity index (χ0) is 14.3. The molecule has 106 valence electrons. The van der Waals surface area contributed by atoms with Gasteiger partial charge in [-0.3, -0.25) is 4.79 Å². The number of carbonyl (C=O) groups excluding carboxylic acids is 1. The van der Waals surface area contributed by atoms with E-state index in [-0.39, 0.29) is 12.5 Å². The minimum atomic E-state index is -0.0912. The maximum Gasteiger partial charge on any atom is 0.257 e. The Balaban J connectivity index is 2.56. The highest BCUT2D eigenvalue weighted by Crippen LogP contribution is 2.27. The van der Waals surface area contributed by atoms with Crippen molar-refractivity contribution < 1.29 is 9.53 Å². The number of benzene rings is 1. The van der Waals surface area contributed by atoms with E-state index in [2.05, 4.69) is 36.6 Å². The summed E-state index contributed by atoms with van der Waals surface area (Å²) in [5.74, 6) is 1.09. The highest BCUT2D eigenvalue weighted by Gasteiger charge is 2.09. The maximum absolute atomic E-state index is 11.6. The van der Waals surface area contributed by atoms with Gasteiger partial charge in [-0.05, 0) is 37.1 Å². The molecule has 1 rings (SSSR count). The van der Waals surface area contributed by atoms with Crippen LogP contribution in [0.15, 0.2) is 18.2 Å². The number of hydrogen-bond donors (Lipinski definition) is 2. The van der Waals surface area contributed by atoms with Crippen LogP contribution in [0.2, 0.25) is 0 Å². The molecule has 0 fully saturated rings. The summed E-state index contributed by atoms with van der Waals surface area (Å²) in [6.07, 6.45) is 0. The van der Waals surface area contributed by atoms with Gasteiger partial charge in [-0.2, -0.15) is 0 Å². The number of likely N-dealkylation sites (N-methyl/N-ethyl adjacent to an activating group) is 1. The van der Waals surface area contributed by atoms with Gasteiger partial charge in [0.05, 0.1) is 0 Å². The van der Waals surface area contributed by atoms with Crippen LogP contribution >= 0.6 is 0 Å². The van der Waals surface area contributed by atoms with E-state index in [1.54, 1.807) is 0 Å². The third-order valence-corrected chi connectivity index (χ3v) is 2.85. The molecule has 0 aliphatic heterocycles. The smallest absolute Gasteiger partial charge is 0.257 e. The molecule has 0 spiro atoms. The summed E-state index contributed by atoms with van der Waals surface area (Å²) in [5.41, 5.74) is 2.27. The van der Waals surface area contributed by atoms with Crippen LogP contribution in [0, 0.1) is 6.92 Å². The first kappa shape index (κ1) is 15.5. The fourth-order valence-electron chi connectivity index (χ4n) is 1.76. The molecule has 0 saturated carbocycles. The predicted molar refractivity (Wildman–Crippen MR) is 77.7 cm³/mol. The van der Waals surface area contributed by atoms with E-state index in [0.29, 0.717) is 12.5 Å². The summed E-state index contributed by atoms with van der Waals surface area (Å²) >= 11 is 0. The molecule has 0 radical (unpaired) electrons. The quantitative estimate of drug-likeness (QED) is 0.739. The van der Waals surface area contributed by atoms with Gasteiger partial charge in [-0.25, -0.2) is 0 Å². The maximum atomic E-state index is 11.6. The lowest BCUT2D eigenvalue weighted by molar-refractivity contribution is -0.123. The second-order valence-electron chi connectivity index (χ2n) is 4.94. The van der Waals surface area contributed by atoms with E-state index in [1.807, 2.05) is 20.0 Å². The first-order valence-electron chi connectivity index (χ1n) is 6.69. The van der Waals surface area contributed by atoms with Gasteiger partial charge in [-0.1, -0.05) is 26.0 Å². The van der Waals surface area contributed by atoms with Crippen LogP contribution in [0.3, 0.4) is 0 Å². The molecule has 4 heteroatoms. The molecule has 1 aromatic rings. The van der Waals surface area contributed by atoms with Gasteiger partial charge in [0.1, 0.15) is 5.75 Å². The molecule has 0 aliphatic rings. The van der Waals surface area contributed by atoms with Gasteiger partial charge < -0.3 is 15.4 Å². The number of nitrogens with one attached hydrogen (secondary N) is 2. The molecule has 1 aromatic carbocycles. The zero-order valence-electron chi connectivity index (χ0n) is 12.2. The summed E-state index contributed by atoms with van der Waals surface area (Å²) in [5, 5.41) is 5.76. The van der Waals surface area contributed by atoms with Crippen molar-refractivity contribution in [1.29, 1.82) is 0 Å². The Kier molecular flexibility index (Phi) is 6.36. The fourth-order valence-corrected chi connectivity index (χ4v) is 1.76. The van der Waals surface area contributed by atoms with Gasteiger partial charge >= 0.3 is 0 Å². The summed E-state index contributed by atoms with van der Waals surface area (Å²) in [6.45, 7) is 7.68. The minimum Gasteiger partial charge on any atom is -0.483 e. The summed E-state index contributed by atoms with van der Waals surface area (Å²) in [4.78, 5) is 11.6. The number of carbonyl (C=O) groups is 1. The number of hydrogen-bond acceptors (Lipinski definition) is 3. The summed E-state index contributed by atoms with van der Waals surface area (Å²) in [6, 6.07) is 6.11. The normalized spacial score (nSPS) is 10.6. The first-order chi connectivity index (χ1) is 9.04. The second-order valence-corrected chi connectivity index (χ2v) is 4.94. The average molecular weight is 264 g/mol. The lowest BCUT2D eigenvalue weighted by atomic mass is 10.0. The van der Waals surface area contributed by atoms with Gasteiger partial charge in [0.2, 0.25) is 0 Å². The summed E-state index contributed by atoms with van der Waals surface area (Å²) in [7, 11) is 1.85. The molecule has 0 bridgehead atoms. The number of aryl methyl sites for hydroxylation is 1. The van der Waals surface area contributed by atoms with E-state index < -0.39 is 0 Å². The van der Waals surface area contributed by atoms with Crippen molar-refractivity contribution in [3.05, 3.63) is 29.3 Å². The van der Waals surface area contributed by atoms with Gasteiger partial charge in [0, 0.05) is 13.1 Å². The molecule has 19 heavy (non-hydrogen) atoms. The highest BCUT2D eigenvalue weighted by molar-refractivity contribution is 5.77. The largest absolute Gasteiger partial charge is 0.483 e. The monoisotopic (exact) mass is 264 g/mol. The van der Waals surface area contributed by atoms with Crippen LogP contribution < -0.4 is 15.4 Å². The van der Waals surface area contributed by atoms with Crippen LogP contribution in [0.5, 0.6) is 5.75 Å². The van der Waals surface area contributed by atoms with Crippen molar-refractivity contribution in [3.63, 3.8) is 0 Å². The van der Waals surface area contributed by atoms with E-state index in [9.17, 15) is 4.79 Å². The van der Waals surface area contributed by atoms with E-state index in [4.69, 9.17) is 4.74 Å². The van der Waals surface area contributed by atoms with Crippen molar-refractivity contribution in [3.8, 4) is 5.75 Å².